The van der Waals surface area contributed by atoms with E-state index >= 15 is 0 Å². The normalized spacial score (nSPS) is 24.1. The number of likely N-dealkylation sites (tertiary alicyclic amines) is 1. The topological polar surface area (TPSA) is 29.3 Å². The first-order chi connectivity index (χ1) is 8.62. The van der Waals surface area contributed by atoms with E-state index in [-0.39, 0.29) is 0 Å². The molecule has 0 amide bonds. The Kier molecular flexibility index (Phi) is 4.41. The molecule has 2 heteroatoms. The van der Waals surface area contributed by atoms with Crippen LogP contribution in [0.25, 0.3) is 0 Å². The molecule has 1 atom stereocenters. The van der Waals surface area contributed by atoms with Crippen molar-refractivity contribution in [3.63, 3.8) is 0 Å². The summed E-state index contributed by atoms with van der Waals surface area (Å²) in [6.07, 6.45) is 2.42. The quantitative estimate of drug-likeness (QED) is 0.884. The fourth-order valence-corrected chi connectivity index (χ4v) is 2.83. The molecule has 1 fully saturated rings. The number of rotatable bonds is 4. The maximum atomic E-state index is 5.92. The molecule has 1 aliphatic rings. The molecule has 2 rings (SSSR count). The average Bonchev–Trinajstić information content (AvgIpc) is 2.38. The van der Waals surface area contributed by atoms with Crippen LogP contribution in [0.5, 0.6) is 0 Å². The standard InChI is InChI=1S/C16H26N2/c1-16(2)9-11-18(13-15(16)12-17)10-8-14-6-4-3-5-7-14/h3-7,15H,8-13,17H2,1-2H3. The Labute approximate surface area is 111 Å². The molecule has 2 nitrogen and oxygen atoms in total. The third-order valence-electron chi connectivity index (χ3n) is 4.50. The summed E-state index contributed by atoms with van der Waals surface area (Å²) in [7, 11) is 0. The van der Waals surface area contributed by atoms with Crippen LogP contribution in [0.15, 0.2) is 30.3 Å². The summed E-state index contributed by atoms with van der Waals surface area (Å²) in [5, 5.41) is 0. The zero-order valence-electron chi connectivity index (χ0n) is 11.7. The van der Waals surface area contributed by atoms with Gasteiger partial charge in [0.1, 0.15) is 0 Å². The number of benzene rings is 1. The van der Waals surface area contributed by atoms with Crippen LogP contribution in [0.4, 0.5) is 0 Å². The lowest BCUT2D eigenvalue weighted by Crippen LogP contribution is -2.48. The van der Waals surface area contributed by atoms with Crippen molar-refractivity contribution in [1.82, 2.24) is 4.90 Å². The van der Waals surface area contributed by atoms with Gasteiger partial charge in [-0.1, -0.05) is 44.2 Å². The monoisotopic (exact) mass is 246 g/mol. The molecular formula is C16H26N2. The molecule has 2 N–H and O–H groups in total. The number of hydrogen-bond acceptors (Lipinski definition) is 2. The van der Waals surface area contributed by atoms with E-state index in [1.807, 2.05) is 0 Å². The molecule has 1 aliphatic heterocycles. The van der Waals surface area contributed by atoms with E-state index in [1.54, 1.807) is 0 Å². The Morgan fingerprint density at radius 2 is 2.00 bits per heavy atom. The van der Waals surface area contributed by atoms with Crippen molar-refractivity contribution in [2.75, 3.05) is 26.2 Å². The van der Waals surface area contributed by atoms with Crippen molar-refractivity contribution in [1.29, 1.82) is 0 Å². The molecule has 0 aliphatic carbocycles. The molecule has 1 saturated heterocycles. The van der Waals surface area contributed by atoms with Crippen LogP contribution in [0, 0.1) is 11.3 Å². The predicted molar refractivity (Wildman–Crippen MR) is 77.5 cm³/mol. The van der Waals surface area contributed by atoms with Gasteiger partial charge in [-0.25, -0.2) is 0 Å². The molecule has 1 heterocycles. The first-order valence-corrected chi connectivity index (χ1v) is 7.08. The lowest BCUT2D eigenvalue weighted by atomic mass is 9.73. The largest absolute Gasteiger partial charge is 0.330 e. The highest BCUT2D eigenvalue weighted by Gasteiger charge is 2.34. The van der Waals surface area contributed by atoms with Crippen LogP contribution >= 0.6 is 0 Å². The third-order valence-corrected chi connectivity index (χ3v) is 4.50. The van der Waals surface area contributed by atoms with Crippen LogP contribution in [-0.4, -0.2) is 31.1 Å². The summed E-state index contributed by atoms with van der Waals surface area (Å²) < 4.78 is 0. The van der Waals surface area contributed by atoms with Gasteiger partial charge in [0, 0.05) is 13.1 Å². The van der Waals surface area contributed by atoms with Crippen LogP contribution in [0.3, 0.4) is 0 Å². The Hall–Kier alpha value is -0.860. The first kappa shape index (κ1) is 13.6. The van der Waals surface area contributed by atoms with E-state index in [0.29, 0.717) is 11.3 Å². The van der Waals surface area contributed by atoms with E-state index in [2.05, 4.69) is 49.1 Å². The van der Waals surface area contributed by atoms with Gasteiger partial charge in [-0.05, 0) is 42.8 Å². The van der Waals surface area contributed by atoms with Gasteiger partial charge in [0.05, 0.1) is 0 Å². The van der Waals surface area contributed by atoms with Crippen molar-refractivity contribution >= 4 is 0 Å². The Morgan fingerprint density at radius 1 is 1.28 bits per heavy atom. The highest BCUT2D eigenvalue weighted by atomic mass is 15.1. The fourth-order valence-electron chi connectivity index (χ4n) is 2.83. The van der Waals surface area contributed by atoms with Crippen molar-refractivity contribution < 1.29 is 0 Å². The molecule has 0 radical (unpaired) electrons. The van der Waals surface area contributed by atoms with Crippen molar-refractivity contribution in [2.24, 2.45) is 17.1 Å². The molecule has 1 aromatic carbocycles. The van der Waals surface area contributed by atoms with Gasteiger partial charge < -0.3 is 10.6 Å². The molecule has 0 aromatic heterocycles. The van der Waals surface area contributed by atoms with E-state index in [0.717, 1.165) is 26.1 Å². The minimum atomic E-state index is 0.415. The lowest BCUT2D eigenvalue weighted by molar-refractivity contribution is 0.0660. The van der Waals surface area contributed by atoms with Crippen LogP contribution < -0.4 is 5.73 Å². The second kappa shape index (κ2) is 5.85. The highest BCUT2D eigenvalue weighted by molar-refractivity contribution is 5.14. The SMILES string of the molecule is CC1(C)CCN(CCc2ccccc2)CC1CN. The van der Waals surface area contributed by atoms with Gasteiger partial charge in [-0.3, -0.25) is 0 Å². The highest BCUT2D eigenvalue weighted by Crippen LogP contribution is 2.34. The van der Waals surface area contributed by atoms with Gasteiger partial charge in [-0.2, -0.15) is 0 Å². The van der Waals surface area contributed by atoms with Crippen LogP contribution in [-0.2, 0) is 6.42 Å². The van der Waals surface area contributed by atoms with Gasteiger partial charge in [-0.15, -0.1) is 0 Å². The van der Waals surface area contributed by atoms with Gasteiger partial charge in [0.25, 0.3) is 0 Å². The zero-order chi connectivity index (χ0) is 13.0. The van der Waals surface area contributed by atoms with Gasteiger partial charge in [0.15, 0.2) is 0 Å². The Bertz CT molecular complexity index is 359. The predicted octanol–water partition coefficient (Wildman–Crippen LogP) is 2.54. The Morgan fingerprint density at radius 3 is 2.67 bits per heavy atom. The maximum absolute atomic E-state index is 5.92. The summed E-state index contributed by atoms with van der Waals surface area (Å²) in [6, 6.07) is 10.8. The summed E-state index contributed by atoms with van der Waals surface area (Å²) in [5.41, 5.74) is 7.77. The number of nitrogens with two attached hydrogens (primary N) is 1. The molecule has 0 spiro atoms. The molecule has 18 heavy (non-hydrogen) atoms. The molecule has 1 aromatic rings. The van der Waals surface area contributed by atoms with E-state index < -0.39 is 0 Å². The molecule has 1 unspecified atom stereocenters. The second-order valence-electron chi connectivity index (χ2n) is 6.21. The molecule has 0 bridgehead atoms. The summed E-state index contributed by atoms with van der Waals surface area (Å²) >= 11 is 0. The summed E-state index contributed by atoms with van der Waals surface area (Å²) in [4.78, 5) is 2.58. The lowest BCUT2D eigenvalue weighted by Gasteiger charge is -2.43. The number of piperidine rings is 1. The maximum Gasteiger partial charge on any atom is 0.00270 e. The van der Waals surface area contributed by atoms with Crippen molar-refractivity contribution in [3.8, 4) is 0 Å². The zero-order valence-corrected chi connectivity index (χ0v) is 11.7. The summed E-state index contributed by atoms with van der Waals surface area (Å²) in [6.45, 7) is 9.08. The average molecular weight is 246 g/mol. The summed E-state index contributed by atoms with van der Waals surface area (Å²) in [5.74, 6) is 0.641. The van der Waals surface area contributed by atoms with E-state index in [9.17, 15) is 0 Å². The van der Waals surface area contributed by atoms with Gasteiger partial charge in [0.2, 0.25) is 0 Å². The molecule has 100 valence electrons. The fraction of sp³-hybridized carbons (Fsp3) is 0.625. The smallest absolute Gasteiger partial charge is 0.00270 e. The Balaban J connectivity index is 1.85. The van der Waals surface area contributed by atoms with Gasteiger partial charge >= 0.3 is 0 Å². The van der Waals surface area contributed by atoms with Crippen LogP contribution in [0.1, 0.15) is 25.8 Å². The van der Waals surface area contributed by atoms with Crippen LogP contribution in [0.2, 0.25) is 0 Å². The molecule has 0 saturated carbocycles. The molecular weight excluding hydrogens is 220 g/mol. The minimum Gasteiger partial charge on any atom is -0.330 e. The number of hydrogen-bond donors (Lipinski definition) is 1. The van der Waals surface area contributed by atoms with Crippen molar-refractivity contribution in [2.45, 2.75) is 26.7 Å². The van der Waals surface area contributed by atoms with Crippen molar-refractivity contribution in [3.05, 3.63) is 35.9 Å². The number of nitrogens with zero attached hydrogens (tertiary/aromatic N) is 1. The second-order valence-corrected chi connectivity index (χ2v) is 6.21. The van der Waals surface area contributed by atoms with E-state index in [4.69, 9.17) is 5.73 Å². The first-order valence-electron chi connectivity index (χ1n) is 7.08. The minimum absolute atomic E-state index is 0.415. The van der Waals surface area contributed by atoms with E-state index in [1.165, 1.54) is 18.5 Å². The third kappa shape index (κ3) is 3.33.